The number of halogens is 2. The Morgan fingerprint density at radius 2 is 1.96 bits per heavy atom. The molecule has 116 valence electrons. The van der Waals surface area contributed by atoms with Gasteiger partial charge in [-0.1, -0.05) is 48.0 Å². The van der Waals surface area contributed by atoms with Crippen LogP contribution in [0.15, 0.2) is 54.1 Å². The first kappa shape index (κ1) is 16.7. The molecule has 2 aromatic carbocycles. The van der Waals surface area contributed by atoms with Gasteiger partial charge in [-0.2, -0.15) is 5.26 Å². The van der Waals surface area contributed by atoms with Gasteiger partial charge in [-0.3, -0.25) is 4.79 Å². The minimum absolute atomic E-state index is 0.0215. The standard InChI is InChI=1S/C18H14ClFN2O/c1-12(13-6-3-2-4-7-13)22-18(23)14(11-21)10-15-16(19)8-5-9-17(15)20/h2-10,12H,1H3,(H,22,23)/b14-10+/t12-/m0/s1. The van der Waals surface area contributed by atoms with Gasteiger partial charge in [-0.25, -0.2) is 4.39 Å². The molecule has 1 atom stereocenters. The van der Waals surface area contributed by atoms with Gasteiger partial charge in [0.1, 0.15) is 17.5 Å². The first-order valence-electron chi connectivity index (χ1n) is 6.94. The van der Waals surface area contributed by atoms with Gasteiger partial charge >= 0.3 is 0 Å². The van der Waals surface area contributed by atoms with Crippen LogP contribution in [0.4, 0.5) is 4.39 Å². The summed E-state index contributed by atoms with van der Waals surface area (Å²) in [6, 6.07) is 15.0. The first-order chi connectivity index (χ1) is 11.0. The Morgan fingerprint density at radius 3 is 2.57 bits per heavy atom. The lowest BCUT2D eigenvalue weighted by Crippen LogP contribution is -2.27. The molecule has 5 heteroatoms. The summed E-state index contributed by atoms with van der Waals surface area (Å²) >= 11 is 5.91. The fourth-order valence-corrected chi connectivity index (χ4v) is 2.26. The SMILES string of the molecule is C[C@H](NC(=O)/C(C#N)=C/c1c(F)cccc1Cl)c1ccccc1. The predicted octanol–water partition coefficient (Wildman–Crippen LogP) is 4.26. The van der Waals surface area contributed by atoms with Gasteiger partial charge in [-0.15, -0.1) is 0 Å². The number of nitrogens with one attached hydrogen (secondary N) is 1. The number of carbonyl (C=O) groups is 1. The molecule has 0 unspecified atom stereocenters. The van der Waals surface area contributed by atoms with E-state index in [0.717, 1.165) is 11.6 Å². The zero-order valence-electron chi connectivity index (χ0n) is 12.4. The number of benzene rings is 2. The second-order valence-corrected chi connectivity index (χ2v) is 5.32. The fraction of sp³-hybridized carbons (Fsp3) is 0.111. The Hall–Kier alpha value is -2.64. The lowest BCUT2D eigenvalue weighted by atomic mass is 10.1. The van der Waals surface area contributed by atoms with Gasteiger partial charge in [0.15, 0.2) is 0 Å². The summed E-state index contributed by atoms with van der Waals surface area (Å²) in [5.41, 5.74) is 0.718. The Balaban J connectivity index is 2.23. The molecule has 2 aromatic rings. The monoisotopic (exact) mass is 328 g/mol. The quantitative estimate of drug-likeness (QED) is 0.673. The molecule has 0 bridgehead atoms. The number of rotatable bonds is 4. The molecule has 0 aromatic heterocycles. The van der Waals surface area contributed by atoms with Crippen molar-refractivity contribution in [2.45, 2.75) is 13.0 Å². The van der Waals surface area contributed by atoms with Gasteiger partial charge in [0.2, 0.25) is 0 Å². The van der Waals surface area contributed by atoms with Crippen LogP contribution in [-0.2, 0) is 4.79 Å². The number of amides is 1. The molecular formula is C18H14ClFN2O. The summed E-state index contributed by atoms with van der Waals surface area (Å²) in [6.45, 7) is 1.80. The van der Waals surface area contributed by atoms with Crippen LogP contribution in [0.2, 0.25) is 5.02 Å². The van der Waals surface area contributed by atoms with Gasteiger partial charge in [0.05, 0.1) is 11.1 Å². The third-order valence-electron chi connectivity index (χ3n) is 3.30. The molecule has 0 spiro atoms. The number of hydrogen-bond donors (Lipinski definition) is 1. The lowest BCUT2D eigenvalue weighted by Gasteiger charge is -2.13. The smallest absolute Gasteiger partial charge is 0.262 e. The predicted molar refractivity (Wildman–Crippen MR) is 88.0 cm³/mol. The zero-order chi connectivity index (χ0) is 16.8. The van der Waals surface area contributed by atoms with Gasteiger partial charge in [-0.05, 0) is 30.7 Å². The van der Waals surface area contributed by atoms with Crippen LogP contribution in [0.3, 0.4) is 0 Å². The van der Waals surface area contributed by atoms with E-state index in [9.17, 15) is 14.4 Å². The third kappa shape index (κ3) is 4.18. The van der Waals surface area contributed by atoms with Crippen molar-refractivity contribution in [3.05, 3.63) is 76.1 Å². The molecule has 0 heterocycles. The number of nitriles is 1. The van der Waals surface area contributed by atoms with Gasteiger partial charge in [0.25, 0.3) is 5.91 Å². The molecule has 2 rings (SSSR count). The van der Waals surface area contributed by atoms with Crippen LogP contribution < -0.4 is 5.32 Å². The Kier molecular flexibility index (Phi) is 5.51. The van der Waals surface area contributed by atoms with Crippen molar-refractivity contribution in [1.82, 2.24) is 5.32 Å². The molecule has 0 aliphatic heterocycles. The highest BCUT2D eigenvalue weighted by Crippen LogP contribution is 2.22. The third-order valence-corrected chi connectivity index (χ3v) is 3.63. The van der Waals surface area contributed by atoms with E-state index in [1.54, 1.807) is 13.0 Å². The minimum atomic E-state index is -0.589. The van der Waals surface area contributed by atoms with Crippen molar-refractivity contribution in [3.63, 3.8) is 0 Å². The molecule has 23 heavy (non-hydrogen) atoms. The van der Waals surface area contributed by atoms with E-state index in [-0.39, 0.29) is 22.2 Å². The Bertz CT molecular complexity index is 761. The number of nitrogens with zero attached hydrogens (tertiary/aromatic N) is 1. The van der Waals surface area contributed by atoms with Crippen LogP contribution in [0.25, 0.3) is 6.08 Å². The van der Waals surface area contributed by atoms with Crippen molar-refractivity contribution in [3.8, 4) is 6.07 Å². The highest BCUT2D eigenvalue weighted by atomic mass is 35.5. The molecular weight excluding hydrogens is 315 g/mol. The highest BCUT2D eigenvalue weighted by molar-refractivity contribution is 6.32. The van der Waals surface area contributed by atoms with Crippen LogP contribution >= 0.6 is 11.6 Å². The van der Waals surface area contributed by atoms with E-state index in [4.69, 9.17) is 11.6 Å². The average Bonchev–Trinajstić information content (AvgIpc) is 2.55. The topological polar surface area (TPSA) is 52.9 Å². The number of carbonyl (C=O) groups excluding carboxylic acids is 1. The van der Waals surface area contributed by atoms with Crippen LogP contribution in [0.1, 0.15) is 24.1 Å². The second-order valence-electron chi connectivity index (χ2n) is 4.91. The zero-order valence-corrected chi connectivity index (χ0v) is 13.1. The Morgan fingerprint density at radius 1 is 1.26 bits per heavy atom. The van der Waals surface area contributed by atoms with E-state index < -0.39 is 11.7 Å². The Labute approximate surface area is 139 Å². The van der Waals surface area contributed by atoms with E-state index in [1.165, 1.54) is 18.2 Å². The van der Waals surface area contributed by atoms with Crippen LogP contribution in [-0.4, -0.2) is 5.91 Å². The summed E-state index contributed by atoms with van der Waals surface area (Å²) in [4.78, 5) is 12.2. The summed E-state index contributed by atoms with van der Waals surface area (Å²) in [5, 5.41) is 12.0. The first-order valence-corrected chi connectivity index (χ1v) is 7.32. The van der Waals surface area contributed by atoms with E-state index in [0.29, 0.717) is 0 Å². The molecule has 0 saturated carbocycles. The summed E-state index contributed by atoms with van der Waals surface area (Å²) in [5.74, 6) is -1.17. The fourth-order valence-electron chi connectivity index (χ4n) is 2.04. The molecule has 0 saturated heterocycles. The summed E-state index contributed by atoms with van der Waals surface area (Å²) < 4.78 is 13.8. The summed E-state index contributed by atoms with van der Waals surface area (Å²) in [6.07, 6.45) is 1.16. The number of hydrogen-bond acceptors (Lipinski definition) is 2. The molecule has 1 amide bonds. The molecule has 0 aliphatic carbocycles. The molecule has 0 fully saturated rings. The maximum Gasteiger partial charge on any atom is 0.262 e. The van der Waals surface area contributed by atoms with Crippen LogP contribution in [0, 0.1) is 17.1 Å². The van der Waals surface area contributed by atoms with Crippen molar-refractivity contribution in [2.75, 3.05) is 0 Å². The van der Waals surface area contributed by atoms with Crippen molar-refractivity contribution >= 4 is 23.6 Å². The molecule has 1 N–H and O–H groups in total. The molecule has 0 radical (unpaired) electrons. The van der Waals surface area contributed by atoms with Gasteiger partial charge < -0.3 is 5.32 Å². The molecule has 3 nitrogen and oxygen atoms in total. The van der Waals surface area contributed by atoms with E-state index in [2.05, 4.69) is 5.32 Å². The van der Waals surface area contributed by atoms with Crippen LogP contribution in [0.5, 0.6) is 0 Å². The van der Waals surface area contributed by atoms with Crippen molar-refractivity contribution < 1.29 is 9.18 Å². The second kappa shape index (κ2) is 7.57. The average molecular weight is 329 g/mol. The van der Waals surface area contributed by atoms with Crippen molar-refractivity contribution in [1.29, 1.82) is 5.26 Å². The highest BCUT2D eigenvalue weighted by Gasteiger charge is 2.15. The van der Waals surface area contributed by atoms with Gasteiger partial charge in [0, 0.05) is 5.56 Å². The lowest BCUT2D eigenvalue weighted by molar-refractivity contribution is -0.117. The van der Waals surface area contributed by atoms with E-state index in [1.807, 2.05) is 30.3 Å². The maximum absolute atomic E-state index is 13.8. The minimum Gasteiger partial charge on any atom is -0.345 e. The normalized spacial score (nSPS) is 12.3. The van der Waals surface area contributed by atoms with Crippen molar-refractivity contribution in [2.24, 2.45) is 0 Å². The summed E-state index contributed by atoms with van der Waals surface area (Å²) in [7, 11) is 0. The maximum atomic E-state index is 13.8. The van der Waals surface area contributed by atoms with E-state index >= 15 is 0 Å². The largest absolute Gasteiger partial charge is 0.345 e. The molecule has 0 aliphatic rings.